The number of amides is 3. The Morgan fingerprint density at radius 1 is 1.33 bits per heavy atom. The molecule has 6 nitrogen and oxygen atoms in total. The largest absolute Gasteiger partial charge is 0.359 e. The number of H-pyrrole nitrogens is 1. The number of carbonyl (C=O) groups excluding carboxylic acids is 3. The minimum atomic E-state index is -0.813. The maximum atomic E-state index is 13.1. The summed E-state index contributed by atoms with van der Waals surface area (Å²) >= 11 is 0. The second-order valence-corrected chi connectivity index (χ2v) is 7.67. The van der Waals surface area contributed by atoms with Crippen molar-refractivity contribution in [2.75, 3.05) is 13.6 Å². The molecule has 128 valence electrons. The first-order valence-corrected chi connectivity index (χ1v) is 8.69. The van der Waals surface area contributed by atoms with Crippen LogP contribution in [0.4, 0.5) is 4.79 Å². The minimum Gasteiger partial charge on any atom is -0.359 e. The lowest BCUT2D eigenvalue weighted by molar-refractivity contribution is -0.135. The van der Waals surface area contributed by atoms with E-state index in [1.165, 1.54) is 12.8 Å². The van der Waals surface area contributed by atoms with Crippen molar-refractivity contribution >= 4 is 17.7 Å². The molecule has 0 aromatic carbocycles. The second kappa shape index (κ2) is 5.19. The lowest BCUT2D eigenvalue weighted by Gasteiger charge is -2.39. The zero-order valence-corrected chi connectivity index (χ0v) is 14.1. The van der Waals surface area contributed by atoms with Gasteiger partial charge in [-0.05, 0) is 56.1 Å². The molecular weight excluding hydrogens is 306 g/mol. The van der Waals surface area contributed by atoms with E-state index in [0.717, 1.165) is 17.7 Å². The molecule has 1 aromatic heterocycles. The van der Waals surface area contributed by atoms with E-state index in [0.29, 0.717) is 17.5 Å². The van der Waals surface area contributed by atoms with Crippen LogP contribution >= 0.6 is 0 Å². The Kier molecular flexibility index (Phi) is 3.34. The standard InChI is InChI=1S/C18H23N3O3/c1-18(13-9-11-5-6-12(13)8-11)16(23)21(17(24)20(18)2)10-15(22)14-4-3-7-19-14/h3-4,7,11-13,19H,5-6,8-10H2,1-2H3/t11-,12+,13?,18?/m0/s1. The number of fused-ring (bicyclic) bond motifs is 2. The molecule has 0 spiro atoms. The van der Waals surface area contributed by atoms with Gasteiger partial charge >= 0.3 is 6.03 Å². The van der Waals surface area contributed by atoms with Gasteiger partial charge in [0.05, 0.1) is 12.2 Å². The zero-order valence-electron chi connectivity index (χ0n) is 14.1. The molecule has 24 heavy (non-hydrogen) atoms. The second-order valence-electron chi connectivity index (χ2n) is 7.67. The van der Waals surface area contributed by atoms with Crippen LogP contribution in [0.15, 0.2) is 18.3 Å². The molecule has 2 unspecified atom stereocenters. The summed E-state index contributed by atoms with van der Waals surface area (Å²) in [4.78, 5) is 43.7. The Morgan fingerprint density at radius 3 is 2.71 bits per heavy atom. The van der Waals surface area contributed by atoms with Crippen LogP contribution in [-0.2, 0) is 4.79 Å². The third-order valence-corrected chi connectivity index (χ3v) is 6.55. The number of aromatic amines is 1. The Bertz CT molecular complexity index is 698. The molecule has 2 saturated carbocycles. The summed E-state index contributed by atoms with van der Waals surface area (Å²) in [7, 11) is 1.70. The van der Waals surface area contributed by atoms with E-state index in [1.54, 1.807) is 30.3 Å². The van der Waals surface area contributed by atoms with Crippen molar-refractivity contribution in [3.8, 4) is 0 Å². The SMILES string of the molecule is CN1C(=O)N(CC(=O)c2ccc[nH]2)C(=O)C1(C)C1C[C@H]2CC[C@@H]1C2. The molecule has 4 atom stereocenters. The van der Waals surface area contributed by atoms with E-state index < -0.39 is 5.54 Å². The smallest absolute Gasteiger partial charge is 0.327 e. The summed E-state index contributed by atoms with van der Waals surface area (Å²) in [5, 5.41) is 0. The Balaban J connectivity index is 1.58. The van der Waals surface area contributed by atoms with Crippen LogP contribution in [0.1, 0.15) is 43.1 Å². The van der Waals surface area contributed by atoms with E-state index >= 15 is 0 Å². The average molecular weight is 329 g/mol. The number of nitrogens with zero attached hydrogens (tertiary/aromatic N) is 2. The van der Waals surface area contributed by atoms with Crippen molar-refractivity contribution in [2.45, 2.75) is 38.1 Å². The lowest BCUT2D eigenvalue weighted by atomic mass is 9.74. The van der Waals surface area contributed by atoms with Crippen LogP contribution in [0, 0.1) is 17.8 Å². The number of likely N-dealkylation sites (N-methyl/N-ethyl adjacent to an activating group) is 1. The first-order valence-electron chi connectivity index (χ1n) is 8.69. The van der Waals surface area contributed by atoms with E-state index in [4.69, 9.17) is 0 Å². The van der Waals surface area contributed by atoms with Crippen LogP contribution in [0.25, 0.3) is 0 Å². The number of carbonyl (C=O) groups is 3. The van der Waals surface area contributed by atoms with Crippen LogP contribution in [0.3, 0.4) is 0 Å². The fourth-order valence-corrected chi connectivity index (χ4v) is 5.10. The molecule has 1 N–H and O–H groups in total. The maximum absolute atomic E-state index is 13.1. The molecule has 3 amide bonds. The molecule has 3 aliphatic rings. The van der Waals surface area contributed by atoms with Crippen LogP contribution in [0.5, 0.6) is 0 Å². The number of aromatic nitrogens is 1. The Morgan fingerprint density at radius 2 is 2.12 bits per heavy atom. The molecule has 2 heterocycles. The number of ketones is 1. The van der Waals surface area contributed by atoms with Gasteiger partial charge in [0.1, 0.15) is 5.54 Å². The number of hydrogen-bond donors (Lipinski definition) is 1. The highest BCUT2D eigenvalue weighted by molar-refractivity contribution is 6.10. The topological polar surface area (TPSA) is 73.5 Å². The molecule has 2 bridgehead atoms. The van der Waals surface area contributed by atoms with Crippen LogP contribution in [-0.4, -0.2) is 51.6 Å². The highest BCUT2D eigenvalue weighted by atomic mass is 16.2. The predicted octanol–water partition coefficient (Wildman–Crippen LogP) is 2.29. The Labute approximate surface area is 141 Å². The van der Waals surface area contributed by atoms with Crippen LogP contribution in [0.2, 0.25) is 0 Å². The van der Waals surface area contributed by atoms with Crippen molar-refractivity contribution in [1.82, 2.24) is 14.8 Å². The van der Waals surface area contributed by atoms with Gasteiger partial charge in [-0.25, -0.2) is 4.79 Å². The van der Waals surface area contributed by atoms with Crippen molar-refractivity contribution < 1.29 is 14.4 Å². The van der Waals surface area contributed by atoms with Gasteiger partial charge in [-0.1, -0.05) is 6.42 Å². The Hall–Kier alpha value is -2.11. The molecule has 0 radical (unpaired) electrons. The first kappa shape index (κ1) is 15.4. The normalized spacial score (nSPS) is 35.3. The van der Waals surface area contributed by atoms with E-state index in [1.807, 2.05) is 6.92 Å². The van der Waals surface area contributed by atoms with E-state index in [-0.39, 0.29) is 30.2 Å². The number of urea groups is 1. The summed E-state index contributed by atoms with van der Waals surface area (Å²) in [5.41, 5.74) is -0.390. The summed E-state index contributed by atoms with van der Waals surface area (Å²) in [6, 6.07) is 3.03. The molecule has 4 rings (SSSR count). The third kappa shape index (κ3) is 1.98. The van der Waals surface area contributed by atoms with Crippen molar-refractivity contribution in [2.24, 2.45) is 17.8 Å². The molecule has 1 aromatic rings. The molecule has 1 aliphatic heterocycles. The van der Waals surface area contributed by atoms with E-state index in [2.05, 4.69) is 4.98 Å². The van der Waals surface area contributed by atoms with Crippen molar-refractivity contribution in [3.63, 3.8) is 0 Å². The maximum Gasteiger partial charge on any atom is 0.327 e. The van der Waals surface area contributed by atoms with Crippen LogP contribution < -0.4 is 0 Å². The van der Waals surface area contributed by atoms with Crippen molar-refractivity contribution in [3.05, 3.63) is 24.0 Å². The first-order chi connectivity index (χ1) is 11.4. The van der Waals surface area contributed by atoms with Crippen molar-refractivity contribution in [1.29, 1.82) is 0 Å². The fourth-order valence-electron chi connectivity index (χ4n) is 5.10. The third-order valence-electron chi connectivity index (χ3n) is 6.55. The minimum absolute atomic E-state index is 0.196. The highest BCUT2D eigenvalue weighted by Crippen LogP contribution is 2.54. The molecule has 1 saturated heterocycles. The summed E-state index contributed by atoms with van der Waals surface area (Å²) < 4.78 is 0. The number of Topliss-reactive ketones (excluding diaryl/α,β-unsaturated/α-hetero) is 1. The monoisotopic (exact) mass is 329 g/mol. The zero-order chi connectivity index (χ0) is 17.1. The molecule has 6 heteroatoms. The highest BCUT2D eigenvalue weighted by Gasteiger charge is 2.61. The number of hydrogen-bond acceptors (Lipinski definition) is 3. The summed E-state index contributed by atoms with van der Waals surface area (Å²) in [5.74, 6) is 0.976. The van der Waals surface area contributed by atoms with Gasteiger partial charge < -0.3 is 9.88 Å². The van der Waals surface area contributed by atoms with Gasteiger partial charge in [0.2, 0.25) is 0 Å². The van der Waals surface area contributed by atoms with Gasteiger partial charge in [-0.15, -0.1) is 0 Å². The number of rotatable bonds is 4. The van der Waals surface area contributed by atoms with Gasteiger partial charge in [0, 0.05) is 13.2 Å². The quantitative estimate of drug-likeness (QED) is 0.680. The van der Waals surface area contributed by atoms with Gasteiger partial charge in [-0.2, -0.15) is 0 Å². The predicted molar refractivity (Wildman–Crippen MR) is 87.3 cm³/mol. The number of imide groups is 1. The summed E-state index contributed by atoms with van der Waals surface area (Å²) in [6.45, 7) is 1.69. The molecular formula is C18H23N3O3. The fraction of sp³-hybridized carbons (Fsp3) is 0.611. The average Bonchev–Trinajstić information content (AvgIpc) is 3.35. The van der Waals surface area contributed by atoms with Gasteiger partial charge in [-0.3, -0.25) is 14.5 Å². The van der Waals surface area contributed by atoms with E-state index in [9.17, 15) is 14.4 Å². The lowest BCUT2D eigenvalue weighted by Crippen LogP contribution is -2.53. The van der Waals surface area contributed by atoms with Gasteiger partial charge in [0.25, 0.3) is 5.91 Å². The molecule has 2 aliphatic carbocycles. The summed E-state index contributed by atoms with van der Waals surface area (Å²) in [6.07, 6.45) is 6.26. The molecule has 3 fully saturated rings. The van der Waals surface area contributed by atoms with Gasteiger partial charge in [0.15, 0.2) is 5.78 Å². The number of nitrogens with one attached hydrogen (secondary N) is 1.